The molecule has 1 heterocycles. The number of rotatable bonds is 41. The first-order valence-corrected chi connectivity index (χ1v) is 23.8. The zero-order valence-corrected chi connectivity index (χ0v) is 37.9. The molecule has 1 aromatic rings. The van der Waals surface area contributed by atoms with Crippen LogP contribution in [0.4, 0.5) is 0 Å². The van der Waals surface area contributed by atoms with Crippen LogP contribution in [0.1, 0.15) is 200 Å². The normalized spacial score (nSPS) is 11.6. The van der Waals surface area contributed by atoms with Crippen LogP contribution in [0.5, 0.6) is 0 Å². The first-order valence-electron chi connectivity index (χ1n) is 23.8. The van der Waals surface area contributed by atoms with Crippen molar-refractivity contribution in [1.82, 2.24) is 25.2 Å². The van der Waals surface area contributed by atoms with Crippen molar-refractivity contribution >= 4 is 29.7 Å². The number of amides is 2. The highest BCUT2D eigenvalue weighted by Gasteiger charge is 2.20. The fourth-order valence-corrected chi connectivity index (χ4v) is 6.93. The molecule has 60 heavy (non-hydrogen) atoms. The Balaban J connectivity index is 2.48. The van der Waals surface area contributed by atoms with Crippen molar-refractivity contribution in [2.45, 2.75) is 213 Å². The smallest absolute Gasteiger partial charge is 0.327 e. The van der Waals surface area contributed by atoms with Crippen molar-refractivity contribution in [3.05, 3.63) is 11.9 Å². The standard InChI is InChI=1S/C46H83N5O9/c1-4-7-9-11-13-15-17-19-21-23-25-30-44(55)58-38-41(60-45(56)31-26-24-22-20-18-16-14-12-10-8-5-2)39-59-46(57)37-51-36-40(48-49-51)28-27-29-42(53)47-32-33-50(34-35-52)43(54)6-3/h36,41,52H,4-35,37-39H2,1-3H3,(H,47,53). The van der Waals surface area contributed by atoms with E-state index in [0.717, 1.165) is 38.5 Å². The SMILES string of the molecule is CCCCCCCCCCCCCC(=O)OCC(COC(=O)Cn1cc(CCCC(=O)NCCN(CCO)C(=O)CC)nn1)OC(=O)CCCCCCCCCCCCC. The van der Waals surface area contributed by atoms with Crippen molar-refractivity contribution in [3.8, 4) is 0 Å². The van der Waals surface area contributed by atoms with Crippen LogP contribution in [0.3, 0.4) is 0 Å². The van der Waals surface area contributed by atoms with E-state index < -0.39 is 18.0 Å². The van der Waals surface area contributed by atoms with Crippen molar-refractivity contribution < 1.29 is 43.3 Å². The Morgan fingerprint density at radius 2 is 1.15 bits per heavy atom. The second-order valence-corrected chi connectivity index (χ2v) is 16.1. The maximum absolute atomic E-state index is 12.8. The zero-order valence-electron chi connectivity index (χ0n) is 37.9. The molecular formula is C46H83N5O9. The number of carbonyl (C=O) groups excluding carboxylic acids is 5. The summed E-state index contributed by atoms with van der Waals surface area (Å²) in [6.07, 6.45) is 28.7. The lowest BCUT2D eigenvalue weighted by Gasteiger charge is -2.21. The van der Waals surface area contributed by atoms with Gasteiger partial charge in [-0.15, -0.1) is 5.10 Å². The summed E-state index contributed by atoms with van der Waals surface area (Å²) in [5.74, 6) is -1.61. The van der Waals surface area contributed by atoms with Crippen molar-refractivity contribution in [2.24, 2.45) is 0 Å². The third kappa shape index (κ3) is 31.3. The predicted octanol–water partition coefficient (Wildman–Crippen LogP) is 8.35. The van der Waals surface area contributed by atoms with Crippen LogP contribution in [-0.2, 0) is 51.1 Å². The van der Waals surface area contributed by atoms with E-state index in [9.17, 15) is 24.0 Å². The number of aromatic nitrogens is 3. The fourth-order valence-electron chi connectivity index (χ4n) is 6.93. The van der Waals surface area contributed by atoms with Gasteiger partial charge in [0.2, 0.25) is 11.8 Å². The molecule has 1 aromatic heterocycles. The third-order valence-electron chi connectivity index (χ3n) is 10.6. The summed E-state index contributed by atoms with van der Waals surface area (Å²) in [5.41, 5.74) is 0.609. The number of hydrogen-bond acceptors (Lipinski definition) is 11. The molecule has 14 nitrogen and oxygen atoms in total. The summed E-state index contributed by atoms with van der Waals surface area (Å²) in [6, 6.07) is 0. The van der Waals surface area contributed by atoms with Gasteiger partial charge in [-0.25, -0.2) is 4.68 Å². The highest BCUT2D eigenvalue weighted by atomic mass is 16.6. The quantitative estimate of drug-likeness (QED) is 0.0368. The molecule has 346 valence electrons. The number of unbranched alkanes of at least 4 members (excludes halogenated alkanes) is 20. The second-order valence-electron chi connectivity index (χ2n) is 16.1. The molecule has 0 aliphatic heterocycles. The topological polar surface area (TPSA) is 179 Å². The summed E-state index contributed by atoms with van der Waals surface area (Å²) in [5, 5.41) is 20.1. The molecule has 0 aliphatic rings. The lowest BCUT2D eigenvalue weighted by molar-refractivity contribution is -0.167. The van der Waals surface area contributed by atoms with E-state index in [0.29, 0.717) is 50.9 Å². The molecule has 0 radical (unpaired) electrons. The minimum absolute atomic E-state index is 0.0794. The van der Waals surface area contributed by atoms with Crippen LogP contribution in [0, 0.1) is 0 Å². The van der Waals surface area contributed by atoms with Crippen LogP contribution in [0.2, 0.25) is 0 Å². The van der Waals surface area contributed by atoms with Crippen LogP contribution in [0.25, 0.3) is 0 Å². The van der Waals surface area contributed by atoms with Crippen molar-refractivity contribution in [1.29, 1.82) is 0 Å². The number of aliphatic hydroxyl groups excluding tert-OH is 1. The maximum atomic E-state index is 12.8. The monoisotopic (exact) mass is 850 g/mol. The Hall–Kier alpha value is -3.55. The third-order valence-corrected chi connectivity index (χ3v) is 10.6. The summed E-state index contributed by atoms with van der Waals surface area (Å²) >= 11 is 0. The lowest BCUT2D eigenvalue weighted by atomic mass is 10.1. The van der Waals surface area contributed by atoms with Gasteiger partial charge in [-0.3, -0.25) is 24.0 Å². The molecule has 14 heteroatoms. The van der Waals surface area contributed by atoms with E-state index in [-0.39, 0.29) is 63.5 Å². The number of ether oxygens (including phenoxy) is 3. The van der Waals surface area contributed by atoms with Gasteiger partial charge in [0.25, 0.3) is 0 Å². The summed E-state index contributed by atoms with van der Waals surface area (Å²) in [7, 11) is 0. The van der Waals surface area contributed by atoms with Gasteiger partial charge >= 0.3 is 17.9 Å². The Morgan fingerprint density at radius 3 is 1.67 bits per heavy atom. The van der Waals surface area contributed by atoms with E-state index in [2.05, 4.69) is 29.5 Å². The summed E-state index contributed by atoms with van der Waals surface area (Å²) < 4.78 is 17.9. The Morgan fingerprint density at radius 1 is 0.650 bits per heavy atom. The average Bonchev–Trinajstić information content (AvgIpc) is 3.68. The fraction of sp³-hybridized carbons (Fsp3) is 0.848. The minimum atomic E-state index is -0.919. The molecule has 0 saturated carbocycles. The molecule has 1 unspecified atom stereocenters. The number of hydrogen-bond donors (Lipinski definition) is 2. The number of nitrogens with zero attached hydrogens (tertiary/aromatic N) is 4. The molecule has 2 amide bonds. The molecule has 0 spiro atoms. The van der Waals surface area contributed by atoms with Gasteiger partial charge in [0.05, 0.1) is 12.3 Å². The predicted molar refractivity (Wildman–Crippen MR) is 234 cm³/mol. The summed E-state index contributed by atoms with van der Waals surface area (Å²) in [4.78, 5) is 63.8. The number of esters is 3. The molecule has 2 N–H and O–H groups in total. The molecule has 1 rings (SSSR count). The van der Waals surface area contributed by atoms with Crippen LogP contribution in [-0.4, -0.2) is 100 Å². The number of aliphatic hydroxyl groups is 1. The molecular weight excluding hydrogens is 767 g/mol. The van der Waals surface area contributed by atoms with E-state index in [1.807, 2.05) is 0 Å². The van der Waals surface area contributed by atoms with Crippen LogP contribution in [0.15, 0.2) is 6.20 Å². The molecule has 0 aliphatic carbocycles. The molecule has 0 fully saturated rings. The van der Waals surface area contributed by atoms with Crippen LogP contribution >= 0.6 is 0 Å². The maximum Gasteiger partial charge on any atom is 0.327 e. The Bertz CT molecular complexity index is 1260. The van der Waals surface area contributed by atoms with Crippen molar-refractivity contribution in [2.75, 3.05) is 39.5 Å². The summed E-state index contributed by atoms with van der Waals surface area (Å²) in [6.45, 7) is 6.28. The zero-order chi connectivity index (χ0) is 43.9. The molecule has 1 atom stereocenters. The van der Waals surface area contributed by atoms with E-state index in [1.54, 1.807) is 13.1 Å². The van der Waals surface area contributed by atoms with Crippen LogP contribution < -0.4 is 5.32 Å². The van der Waals surface area contributed by atoms with Gasteiger partial charge in [0, 0.05) is 51.5 Å². The van der Waals surface area contributed by atoms with E-state index in [4.69, 9.17) is 19.3 Å². The lowest BCUT2D eigenvalue weighted by Crippen LogP contribution is -2.39. The highest BCUT2D eigenvalue weighted by molar-refractivity contribution is 5.77. The number of nitrogens with one attached hydrogen (secondary N) is 1. The van der Waals surface area contributed by atoms with Gasteiger partial charge in [-0.1, -0.05) is 154 Å². The number of aryl methyl sites for hydroxylation is 1. The Labute approximate surface area is 362 Å². The molecule has 0 aromatic carbocycles. The second kappa shape index (κ2) is 38.4. The van der Waals surface area contributed by atoms with E-state index in [1.165, 1.54) is 106 Å². The largest absolute Gasteiger partial charge is 0.462 e. The first-order chi connectivity index (χ1) is 29.2. The molecule has 0 saturated heterocycles. The minimum Gasteiger partial charge on any atom is -0.462 e. The van der Waals surface area contributed by atoms with Gasteiger partial charge in [0.15, 0.2) is 6.10 Å². The average molecular weight is 850 g/mol. The van der Waals surface area contributed by atoms with Gasteiger partial charge < -0.3 is 29.5 Å². The van der Waals surface area contributed by atoms with Gasteiger partial charge in [-0.05, 0) is 25.7 Å². The first kappa shape index (κ1) is 54.5. The Kier molecular flexibility index (Phi) is 34.8. The van der Waals surface area contributed by atoms with Crippen molar-refractivity contribution in [3.63, 3.8) is 0 Å². The molecule has 0 bridgehead atoms. The van der Waals surface area contributed by atoms with Gasteiger partial charge in [-0.2, -0.15) is 0 Å². The number of carbonyl (C=O) groups is 5. The van der Waals surface area contributed by atoms with Gasteiger partial charge in [0.1, 0.15) is 19.8 Å². The van der Waals surface area contributed by atoms with E-state index >= 15 is 0 Å². The highest BCUT2D eigenvalue weighted by Crippen LogP contribution is 2.14.